The van der Waals surface area contributed by atoms with E-state index in [1.807, 2.05) is 21.6 Å². The minimum absolute atomic E-state index is 0.772. The summed E-state index contributed by atoms with van der Waals surface area (Å²) in [6.07, 6.45) is 4.67. The lowest BCUT2D eigenvalue weighted by Crippen LogP contribution is -2.29. The van der Waals surface area contributed by atoms with Crippen molar-refractivity contribution < 1.29 is 0 Å². The van der Waals surface area contributed by atoms with E-state index in [0.29, 0.717) is 0 Å². The Hall–Kier alpha value is 0.540. The van der Waals surface area contributed by atoms with Crippen LogP contribution in [0.5, 0.6) is 0 Å². The highest BCUT2D eigenvalue weighted by Crippen LogP contribution is 2.20. The molecule has 0 rings (SSSR count). The van der Waals surface area contributed by atoms with Crippen molar-refractivity contribution in [3.8, 4) is 0 Å². The van der Waals surface area contributed by atoms with E-state index in [4.69, 9.17) is 17.2 Å². The van der Waals surface area contributed by atoms with Gasteiger partial charge in [-0.3, -0.25) is 0 Å². The minimum atomic E-state index is 0.772. The van der Waals surface area contributed by atoms with E-state index < -0.39 is 0 Å². The van der Waals surface area contributed by atoms with Gasteiger partial charge in [0.25, 0.3) is 0 Å². The molecular weight excluding hydrogens is 264 g/mol. The summed E-state index contributed by atoms with van der Waals surface area (Å²) in [6, 6.07) is 0. The van der Waals surface area contributed by atoms with E-state index in [-0.39, 0.29) is 0 Å². The fourth-order valence-electron chi connectivity index (χ4n) is 1.63. The van der Waals surface area contributed by atoms with Gasteiger partial charge in [0.1, 0.15) is 0 Å². The van der Waals surface area contributed by atoms with Gasteiger partial charge >= 0.3 is 0 Å². The van der Waals surface area contributed by atoms with Crippen LogP contribution in [0.4, 0.5) is 0 Å². The van der Waals surface area contributed by atoms with Crippen LogP contribution in [0.25, 0.3) is 0 Å². The molecule has 0 aromatic rings. The first kappa shape index (κ1) is 18.5. The molecule has 6 N–H and O–H groups in total. The van der Waals surface area contributed by atoms with E-state index in [0.717, 1.165) is 44.8 Å². The lowest BCUT2D eigenvalue weighted by molar-refractivity contribution is 0.279. The molecule has 0 atom stereocenters. The number of rotatable bonds is 14. The van der Waals surface area contributed by atoms with Crippen molar-refractivity contribution in [2.24, 2.45) is 17.2 Å². The van der Waals surface area contributed by atoms with Crippen LogP contribution in [0.15, 0.2) is 0 Å². The molecule has 4 nitrogen and oxygen atoms in total. The number of nitrogens with two attached hydrogens (primary N) is 3. The normalized spacial score (nSPS) is 11.3. The predicted octanol–water partition coefficient (Wildman–Crippen LogP) is 1.11. The Labute approximate surface area is 120 Å². The zero-order chi connectivity index (χ0) is 13.5. The number of unbranched alkanes of at least 4 members (excludes halogenated alkanes) is 2. The fraction of sp³-hybridized carbons (Fsp3) is 1.00. The van der Waals surface area contributed by atoms with E-state index in [2.05, 4.69) is 4.90 Å². The van der Waals surface area contributed by atoms with Crippen molar-refractivity contribution in [3.05, 3.63) is 0 Å². The van der Waals surface area contributed by atoms with Crippen LogP contribution in [0.2, 0.25) is 0 Å². The van der Waals surface area contributed by atoms with Gasteiger partial charge in [-0.25, -0.2) is 0 Å². The average molecular weight is 295 g/mol. The smallest absolute Gasteiger partial charge is 0.0165 e. The van der Waals surface area contributed by atoms with Gasteiger partial charge in [-0.1, -0.05) is 21.6 Å². The third-order valence-corrected chi connectivity index (χ3v) is 5.05. The van der Waals surface area contributed by atoms with Gasteiger partial charge in [-0.05, 0) is 51.9 Å². The second-order valence-corrected chi connectivity index (χ2v) is 6.97. The third-order valence-electron chi connectivity index (χ3n) is 2.63. The van der Waals surface area contributed by atoms with E-state index in [1.165, 1.54) is 31.7 Å². The van der Waals surface area contributed by atoms with Crippen molar-refractivity contribution in [2.75, 3.05) is 50.8 Å². The van der Waals surface area contributed by atoms with E-state index in [1.54, 1.807) is 0 Å². The molecule has 0 aliphatic carbocycles. The summed E-state index contributed by atoms with van der Waals surface area (Å²) < 4.78 is 0. The Morgan fingerprint density at radius 1 is 0.611 bits per heavy atom. The summed E-state index contributed by atoms with van der Waals surface area (Å²) in [6.45, 7) is 5.88. The van der Waals surface area contributed by atoms with Crippen molar-refractivity contribution >= 4 is 21.6 Å². The van der Waals surface area contributed by atoms with Crippen LogP contribution in [0.3, 0.4) is 0 Å². The molecule has 6 heteroatoms. The molecule has 0 aliphatic rings. The van der Waals surface area contributed by atoms with Crippen LogP contribution in [-0.2, 0) is 0 Å². The summed E-state index contributed by atoms with van der Waals surface area (Å²) in [5.74, 6) is 2.22. The van der Waals surface area contributed by atoms with Crippen LogP contribution >= 0.6 is 21.6 Å². The molecule has 18 heavy (non-hydrogen) atoms. The zero-order valence-corrected chi connectivity index (χ0v) is 13.1. The highest BCUT2D eigenvalue weighted by Gasteiger charge is 2.04. The van der Waals surface area contributed by atoms with Gasteiger partial charge in [0, 0.05) is 24.6 Å². The maximum atomic E-state index is 5.54. The Morgan fingerprint density at radius 3 is 1.67 bits per heavy atom. The van der Waals surface area contributed by atoms with Crippen LogP contribution in [0.1, 0.15) is 25.7 Å². The maximum absolute atomic E-state index is 5.54. The summed E-state index contributed by atoms with van der Waals surface area (Å²) in [5, 5.41) is 0. The second kappa shape index (κ2) is 15.6. The van der Waals surface area contributed by atoms with Crippen molar-refractivity contribution in [3.63, 3.8) is 0 Å². The first-order valence-corrected chi connectivity index (χ1v) is 9.41. The summed E-state index contributed by atoms with van der Waals surface area (Å²) in [5.41, 5.74) is 16.5. The van der Waals surface area contributed by atoms with Crippen molar-refractivity contribution in [1.82, 2.24) is 4.90 Å². The van der Waals surface area contributed by atoms with Gasteiger partial charge < -0.3 is 22.1 Å². The van der Waals surface area contributed by atoms with Crippen molar-refractivity contribution in [2.45, 2.75) is 25.7 Å². The molecule has 0 aliphatic heterocycles. The molecule has 0 spiro atoms. The molecule has 0 aromatic carbocycles. The first-order chi connectivity index (χ1) is 8.85. The van der Waals surface area contributed by atoms with Gasteiger partial charge in [0.05, 0.1) is 0 Å². The zero-order valence-electron chi connectivity index (χ0n) is 11.5. The molecule has 0 saturated heterocycles. The van der Waals surface area contributed by atoms with Gasteiger partial charge in [-0.2, -0.15) is 0 Å². The molecule has 0 bridgehead atoms. The van der Waals surface area contributed by atoms with E-state index >= 15 is 0 Å². The Kier molecular flexibility index (Phi) is 16.1. The van der Waals surface area contributed by atoms with Crippen molar-refractivity contribution in [1.29, 1.82) is 0 Å². The summed E-state index contributed by atoms with van der Waals surface area (Å²) in [4.78, 5) is 2.54. The monoisotopic (exact) mass is 294 g/mol. The van der Waals surface area contributed by atoms with Gasteiger partial charge in [0.15, 0.2) is 0 Å². The topological polar surface area (TPSA) is 81.3 Å². The van der Waals surface area contributed by atoms with Gasteiger partial charge in [-0.15, -0.1) is 0 Å². The first-order valence-electron chi connectivity index (χ1n) is 6.92. The molecule has 0 heterocycles. The molecule has 0 saturated carbocycles. The van der Waals surface area contributed by atoms with Gasteiger partial charge in [0.2, 0.25) is 0 Å². The highest BCUT2D eigenvalue weighted by molar-refractivity contribution is 8.76. The third kappa shape index (κ3) is 13.0. The molecule has 110 valence electrons. The standard InChI is InChI=1S/C12H30N4S2/c13-5-1-3-8-16(9-4-2-6-14)10-12-18-17-11-7-15/h1-15H2. The molecule has 0 amide bonds. The highest BCUT2D eigenvalue weighted by atomic mass is 33.1. The van der Waals surface area contributed by atoms with E-state index in [9.17, 15) is 0 Å². The SMILES string of the molecule is NCCCCN(CCCCN)CCSSCCN. The molecule has 0 aromatic heterocycles. The summed E-state index contributed by atoms with van der Waals surface area (Å²) >= 11 is 0. The quantitative estimate of drug-likeness (QED) is 0.329. The molecule has 0 unspecified atom stereocenters. The Balaban J connectivity index is 3.60. The van der Waals surface area contributed by atoms with Crippen LogP contribution in [0, 0.1) is 0 Å². The molecular formula is C12H30N4S2. The Bertz CT molecular complexity index is 151. The largest absolute Gasteiger partial charge is 0.330 e. The van der Waals surface area contributed by atoms with Crippen LogP contribution in [-0.4, -0.2) is 55.7 Å². The van der Waals surface area contributed by atoms with Crippen LogP contribution < -0.4 is 17.2 Å². The Morgan fingerprint density at radius 2 is 1.17 bits per heavy atom. The molecule has 0 fully saturated rings. The lowest BCUT2D eigenvalue weighted by atomic mass is 10.2. The number of hydrogen-bond acceptors (Lipinski definition) is 6. The summed E-state index contributed by atoms with van der Waals surface area (Å²) in [7, 11) is 3.81. The lowest BCUT2D eigenvalue weighted by Gasteiger charge is -2.21. The predicted molar refractivity (Wildman–Crippen MR) is 87.0 cm³/mol. The second-order valence-electron chi connectivity index (χ2n) is 4.27. The maximum Gasteiger partial charge on any atom is 0.0165 e. The number of nitrogens with zero attached hydrogens (tertiary/aromatic N) is 1. The number of hydrogen-bond donors (Lipinski definition) is 3. The average Bonchev–Trinajstić information content (AvgIpc) is 2.38. The fourth-order valence-corrected chi connectivity index (χ4v) is 3.51. The molecule has 0 radical (unpaired) electrons. The minimum Gasteiger partial charge on any atom is -0.330 e.